The fourth-order valence-corrected chi connectivity index (χ4v) is 8.30. The Kier molecular flexibility index (Phi) is 26.5. The van der Waals surface area contributed by atoms with E-state index in [0.29, 0.717) is 18.4 Å². The SMILES string of the molecule is CC[C@H](C)[C@H](N)C(=O)N[C@@H](CC(C)C)C(=O)N[C@@H](CO)C(=O)N[C@@H](CC(C)C)C(=O)N[C@@H](CC(C)C)C(=O)N1CCC[C@H]1C(=O)N[C@@H](Cc1ccccc1)C(=O)N[C@@H](CCC(=O)O)C(=O)N[C@H](C(=O)O)C(C)C. The first kappa shape index (κ1) is 63.0. The summed E-state index contributed by atoms with van der Waals surface area (Å²) in [6.07, 6.45) is 0.554. The molecule has 73 heavy (non-hydrogen) atoms. The van der Waals surface area contributed by atoms with Gasteiger partial charge in [0.05, 0.1) is 12.6 Å². The first-order chi connectivity index (χ1) is 34.2. The third-order valence-electron chi connectivity index (χ3n) is 12.6. The molecule has 12 N–H and O–H groups in total. The summed E-state index contributed by atoms with van der Waals surface area (Å²) in [5.74, 6) is -9.77. The predicted molar refractivity (Wildman–Crippen MR) is 271 cm³/mol. The van der Waals surface area contributed by atoms with Gasteiger partial charge in [0, 0.05) is 19.4 Å². The summed E-state index contributed by atoms with van der Waals surface area (Å²) in [4.78, 5) is 136. The van der Waals surface area contributed by atoms with E-state index in [9.17, 15) is 63.3 Å². The summed E-state index contributed by atoms with van der Waals surface area (Å²) in [5, 5.41) is 47.6. The van der Waals surface area contributed by atoms with Gasteiger partial charge in [0.1, 0.15) is 48.3 Å². The molecule has 0 radical (unpaired) electrons. The quantitative estimate of drug-likeness (QED) is 0.0489. The van der Waals surface area contributed by atoms with Crippen LogP contribution in [0.5, 0.6) is 0 Å². The number of rotatable bonds is 31. The fraction of sp³-hybridized carbons (Fsp3) is 0.686. The molecule has 0 aliphatic carbocycles. The van der Waals surface area contributed by atoms with Gasteiger partial charge in [-0.25, -0.2) is 4.79 Å². The number of benzene rings is 1. The lowest BCUT2D eigenvalue weighted by Gasteiger charge is -2.32. The second kappa shape index (κ2) is 30.8. The van der Waals surface area contributed by atoms with E-state index in [1.165, 1.54) is 4.90 Å². The first-order valence-electron chi connectivity index (χ1n) is 25.5. The molecule has 22 nitrogen and oxygen atoms in total. The number of aliphatic hydroxyl groups excluding tert-OH is 1. The Labute approximate surface area is 429 Å². The molecule has 1 aromatic carbocycles. The van der Waals surface area contributed by atoms with E-state index in [1.807, 2.05) is 55.4 Å². The maximum Gasteiger partial charge on any atom is 0.326 e. The average Bonchev–Trinajstić information content (AvgIpc) is 3.82. The molecule has 0 aromatic heterocycles. The number of aliphatic carboxylic acids is 2. The van der Waals surface area contributed by atoms with Gasteiger partial charge in [0.25, 0.3) is 0 Å². The Morgan fingerprint density at radius 3 is 1.58 bits per heavy atom. The Balaban J connectivity index is 2.39. The average molecular weight is 1030 g/mol. The van der Waals surface area contributed by atoms with Crippen LogP contribution in [-0.4, -0.2) is 147 Å². The lowest BCUT2D eigenvalue weighted by atomic mass is 9.97. The molecule has 0 saturated carbocycles. The zero-order valence-electron chi connectivity index (χ0n) is 44.2. The van der Waals surface area contributed by atoms with Crippen LogP contribution in [0.1, 0.15) is 126 Å². The molecule has 2 rings (SSSR count). The number of nitrogens with two attached hydrogens (primary N) is 1. The highest BCUT2D eigenvalue weighted by Crippen LogP contribution is 2.22. The van der Waals surface area contributed by atoms with E-state index < -0.39 is 139 Å². The van der Waals surface area contributed by atoms with Crippen LogP contribution in [0.4, 0.5) is 0 Å². The van der Waals surface area contributed by atoms with Crippen molar-refractivity contribution in [3.05, 3.63) is 35.9 Å². The fourth-order valence-electron chi connectivity index (χ4n) is 8.30. The molecule has 410 valence electrons. The van der Waals surface area contributed by atoms with Crippen LogP contribution in [0, 0.1) is 29.6 Å². The van der Waals surface area contributed by atoms with E-state index in [0.717, 1.165) is 0 Å². The number of nitrogens with zero attached hydrogens (tertiary/aromatic N) is 1. The lowest BCUT2D eigenvalue weighted by Crippen LogP contribution is -2.61. The normalized spacial score (nSPS) is 17.3. The molecule has 22 heteroatoms. The van der Waals surface area contributed by atoms with Gasteiger partial charge in [0.2, 0.25) is 47.3 Å². The molecule has 1 heterocycles. The monoisotopic (exact) mass is 1030 g/mol. The van der Waals surface area contributed by atoms with E-state index in [-0.39, 0.29) is 62.3 Å². The second-order valence-corrected chi connectivity index (χ2v) is 20.7. The highest BCUT2D eigenvalue weighted by atomic mass is 16.4. The van der Waals surface area contributed by atoms with E-state index in [2.05, 4.69) is 37.2 Å². The van der Waals surface area contributed by atoms with Crippen LogP contribution in [0.25, 0.3) is 0 Å². The summed E-state index contributed by atoms with van der Waals surface area (Å²) >= 11 is 0. The van der Waals surface area contributed by atoms with Gasteiger partial charge in [0.15, 0.2) is 0 Å². The molecule has 1 aromatic rings. The van der Waals surface area contributed by atoms with Crippen LogP contribution in [0.2, 0.25) is 0 Å². The smallest absolute Gasteiger partial charge is 0.326 e. The number of carbonyl (C=O) groups is 10. The molecule has 0 bridgehead atoms. The number of amides is 8. The van der Waals surface area contributed by atoms with E-state index >= 15 is 0 Å². The molecule has 8 amide bonds. The van der Waals surface area contributed by atoms with Crippen molar-refractivity contribution in [1.82, 2.24) is 42.1 Å². The summed E-state index contributed by atoms with van der Waals surface area (Å²) in [5.41, 5.74) is 6.72. The topological polar surface area (TPSA) is 345 Å². The van der Waals surface area contributed by atoms with Gasteiger partial charge >= 0.3 is 11.9 Å². The zero-order valence-corrected chi connectivity index (χ0v) is 44.2. The highest BCUT2D eigenvalue weighted by molar-refractivity contribution is 5.98. The van der Waals surface area contributed by atoms with Crippen molar-refractivity contribution in [2.75, 3.05) is 13.2 Å². The molecular weight excluding hydrogens is 947 g/mol. The minimum Gasteiger partial charge on any atom is -0.481 e. The number of likely N-dealkylation sites (tertiary alicyclic amines) is 1. The number of nitrogens with one attached hydrogen (secondary N) is 7. The number of hydrogen-bond acceptors (Lipinski definition) is 12. The maximum atomic E-state index is 14.5. The van der Waals surface area contributed by atoms with Gasteiger partial charge in [-0.2, -0.15) is 0 Å². The van der Waals surface area contributed by atoms with Gasteiger partial charge in [-0.3, -0.25) is 43.2 Å². The van der Waals surface area contributed by atoms with Crippen molar-refractivity contribution < 1.29 is 63.3 Å². The van der Waals surface area contributed by atoms with Crippen LogP contribution in [0.3, 0.4) is 0 Å². The summed E-state index contributed by atoms with van der Waals surface area (Å²) in [7, 11) is 0. The van der Waals surface area contributed by atoms with Crippen molar-refractivity contribution in [3.63, 3.8) is 0 Å². The lowest BCUT2D eigenvalue weighted by molar-refractivity contribution is -0.144. The third kappa shape index (κ3) is 21.1. The molecule has 1 saturated heterocycles. The standard InChI is InChI=1S/C51H83N9O13/c1-11-31(10)41(52)49(70)56-35(23-28(4)5)45(66)58-38(26-61)47(68)54-34(22-27(2)3)44(65)57-37(24-29(6)7)50(71)60-21-15-18-39(60)48(69)55-36(25-32-16-13-12-14-17-32)46(67)53-33(19-20-40(62)63)43(64)59-42(30(8)9)51(72)73/h12-14,16-17,27-31,33-39,41-42,61H,11,15,18-26,52H2,1-10H3,(H,53,67)(H,54,68)(H,55,69)(H,56,70)(H,57,65)(H,58,66)(H,59,64)(H,62,63)(H,72,73)/t31-,33-,34-,35-,36-,37-,38-,39-,41-,42-/m0/s1. The Hall–Kier alpha value is -6.16. The number of carbonyl (C=O) groups excluding carboxylic acids is 8. The first-order valence-corrected chi connectivity index (χ1v) is 25.5. The van der Waals surface area contributed by atoms with Crippen molar-refractivity contribution in [2.45, 2.75) is 181 Å². The molecule has 0 spiro atoms. The van der Waals surface area contributed by atoms with Gasteiger partial charge in [-0.05, 0) is 73.7 Å². The number of aliphatic hydroxyl groups is 1. The van der Waals surface area contributed by atoms with Crippen LogP contribution in [0.15, 0.2) is 30.3 Å². The van der Waals surface area contributed by atoms with Crippen molar-refractivity contribution >= 4 is 59.2 Å². The van der Waals surface area contributed by atoms with Gasteiger partial charge < -0.3 is 63.2 Å². The number of carboxylic acids is 2. The minimum atomic E-state index is -1.53. The summed E-state index contributed by atoms with van der Waals surface area (Å²) in [6.45, 7) is 17.0. The molecule has 0 unspecified atom stereocenters. The van der Waals surface area contributed by atoms with E-state index in [1.54, 1.807) is 44.2 Å². The van der Waals surface area contributed by atoms with Crippen molar-refractivity contribution in [2.24, 2.45) is 35.3 Å². The molecule has 10 atom stereocenters. The number of hydrogen-bond donors (Lipinski definition) is 11. The summed E-state index contributed by atoms with van der Waals surface area (Å²) in [6, 6.07) is -2.68. The third-order valence-corrected chi connectivity index (χ3v) is 12.6. The minimum absolute atomic E-state index is 0.0595. The predicted octanol–water partition coefficient (Wildman–Crippen LogP) is 0.723. The molecule has 1 aliphatic heterocycles. The largest absolute Gasteiger partial charge is 0.481 e. The molecule has 1 fully saturated rings. The molecular formula is C51H83N9O13. The van der Waals surface area contributed by atoms with Gasteiger partial charge in [-0.15, -0.1) is 0 Å². The van der Waals surface area contributed by atoms with Crippen LogP contribution in [-0.2, 0) is 54.4 Å². The zero-order chi connectivity index (χ0) is 55.3. The second-order valence-electron chi connectivity index (χ2n) is 20.7. The van der Waals surface area contributed by atoms with E-state index in [4.69, 9.17) is 5.73 Å². The van der Waals surface area contributed by atoms with Crippen molar-refractivity contribution in [3.8, 4) is 0 Å². The highest BCUT2D eigenvalue weighted by Gasteiger charge is 2.41. The van der Waals surface area contributed by atoms with Crippen LogP contribution >= 0.6 is 0 Å². The Bertz CT molecular complexity index is 2040. The van der Waals surface area contributed by atoms with Gasteiger partial charge in [-0.1, -0.05) is 106 Å². The van der Waals surface area contributed by atoms with Crippen LogP contribution < -0.4 is 43.0 Å². The van der Waals surface area contributed by atoms with Crippen molar-refractivity contribution in [1.29, 1.82) is 0 Å². The maximum absolute atomic E-state index is 14.5. The molecule has 1 aliphatic rings. The Morgan fingerprint density at radius 2 is 1.08 bits per heavy atom. The summed E-state index contributed by atoms with van der Waals surface area (Å²) < 4.78 is 0. The number of carboxylic acid groups (broad SMARTS) is 2. The Morgan fingerprint density at radius 1 is 0.616 bits per heavy atom.